The molecule has 182 valence electrons. The van der Waals surface area contributed by atoms with Crippen LogP contribution in [0.4, 0.5) is 0 Å². The Bertz CT molecular complexity index is 912. The molecule has 0 aromatic carbocycles. The van der Waals surface area contributed by atoms with Gasteiger partial charge in [-0.2, -0.15) is 0 Å². The van der Waals surface area contributed by atoms with Gasteiger partial charge in [0.1, 0.15) is 6.10 Å². The Labute approximate surface area is 214 Å². The average Bonchev–Trinajstić information content (AvgIpc) is 3.06. The lowest BCUT2D eigenvalue weighted by atomic mass is 9.50. The third kappa shape index (κ3) is 4.43. The normalized spacial score (nSPS) is 38.5. The topological polar surface area (TPSA) is 43.4 Å². The SMILES string of the molecule is CC(=O)O[C@H]1C=C2C(=O)C=C3C4=CC[C@H]([C@H](C)CCCC(C)C)[C@@]4(C)CC[C@@H]3[C@@]2(C)C[C@@H]1I. The Balaban J connectivity index is 1.60. The van der Waals surface area contributed by atoms with E-state index in [1.807, 2.05) is 12.2 Å². The number of carbonyl (C=O) groups excluding carboxylic acids is 2. The Kier molecular flexibility index (Phi) is 7.08. The number of alkyl halides is 1. The number of rotatable bonds is 6. The third-order valence-corrected chi connectivity index (χ3v) is 10.5. The summed E-state index contributed by atoms with van der Waals surface area (Å²) in [5, 5.41) is 0. The first-order valence-corrected chi connectivity index (χ1v) is 14.2. The van der Waals surface area contributed by atoms with E-state index in [4.69, 9.17) is 4.74 Å². The lowest BCUT2D eigenvalue weighted by Gasteiger charge is -2.54. The van der Waals surface area contributed by atoms with E-state index in [2.05, 4.69) is 63.3 Å². The Morgan fingerprint density at radius 3 is 2.58 bits per heavy atom. The van der Waals surface area contributed by atoms with Crippen LogP contribution in [0.5, 0.6) is 0 Å². The van der Waals surface area contributed by atoms with Crippen LogP contribution in [0.1, 0.15) is 86.5 Å². The monoisotopic (exact) mass is 564 g/mol. The Morgan fingerprint density at radius 2 is 1.91 bits per heavy atom. The van der Waals surface area contributed by atoms with Gasteiger partial charge in [0.15, 0.2) is 5.78 Å². The molecule has 33 heavy (non-hydrogen) atoms. The second kappa shape index (κ2) is 9.28. The summed E-state index contributed by atoms with van der Waals surface area (Å²) < 4.78 is 5.73. The van der Waals surface area contributed by atoms with E-state index in [-0.39, 0.29) is 32.6 Å². The maximum absolute atomic E-state index is 13.4. The van der Waals surface area contributed by atoms with Crippen LogP contribution in [0, 0.1) is 34.5 Å². The molecule has 4 aliphatic carbocycles. The zero-order valence-corrected chi connectivity index (χ0v) is 23.4. The number of ketones is 1. The minimum absolute atomic E-state index is 0.128. The number of ether oxygens (including phenoxy) is 1. The fourth-order valence-electron chi connectivity index (χ4n) is 7.54. The highest BCUT2D eigenvalue weighted by Crippen LogP contribution is 2.64. The minimum atomic E-state index is -0.305. The van der Waals surface area contributed by atoms with Crippen molar-refractivity contribution in [3.63, 3.8) is 0 Å². The van der Waals surface area contributed by atoms with Gasteiger partial charge in [-0.05, 0) is 78.1 Å². The van der Waals surface area contributed by atoms with Gasteiger partial charge in [-0.25, -0.2) is 0 Å². The van der Waals surface area contributed by atoms with Gasteiger partial charge in [-0.1, -0.05) is 82.5 Å². The summed E-state index contributed by atoms with van der Waals surface area (Å²) in [6.45, 7) is 13.3. The van der Waals surface area contributed by atoms with Crippen LogP contribution >= 0.6 is 22.6 Å². The smallest absolute Gasteiger partial charge is 0.303 e. The lowest BCUT2D eigenvalue weighted by Crippen LogP contribution is -2.49. The van der Waals surface area contributed by atoms with Crippen molar-refractivity contribution in [1.82, 2.24) is 0 Å². The molecule has 0 aromatic heterocycles. The van der Waals surface area contributed by atoms with Gasteiger partial charge in [0.25, 0.3) is 0 Å². The molecular weight excluding hydrogens is 523 g/mol. The molecular formula is C29H41IO3. The Morgan fingerprint density at radius 1 is 1.18 bits per heavy atom. The van der Waals surface area contributed by atoms with Crippen molar-refractivity contribution in [2.75, 3.05) is 0 Å². The number of hydrogen-bond acceptors (Lipinski definition) is 3. The molecule has 0 aromatic rings. The van der Waals surface area contributed by atoms with Crippen molar-refractivity contribution >= 4 is 34.3 Å². The average molecular weight is 565 g/mol. The molecule has 3 nitrogen and oxygen atoms in total. The van der Waals surface area contributed by atoms with E-state index in [1.54, 1.807) is 0 Å². The summed E-state index contributed by atoms with van der Waals surface area (Å²) in [5.74, 6) is 2.40. The number of carbonyl (C=O) groups is 2. The number of esters is 1. The minimum Gasteiger partial charge on any atom is -0.457 e. The highest BCUT2D eigenvalue weighted by atomic mass is 127. The molecule has 1 saturated carbocycles. The van der Waals surface area contributed by atoms with Crippen LogP contribution in [-0.4, -0.2) is 21.8 Å². The van der Waals surface area contributed by atoms with Crippen LogP contribution in [0.3, 0.4) is 0 Å². The maximum atomic E-state index is 13.4. The molecule has 7 atom stereocenters. The van der Waals surface area contributed by atoms with Crippen LogP contribution in [0.2, 0.25) is 0 Å². The molecule has 4 rings (SSSR count). The summed E-state index contributed by atoms with van der Waals surface area (Å²) in [6.07, 6.45) is 14.4. The van der Waals surface area contributed by atoms with Crippen LogP contribution < -0.4 is 0 Å². The van der Waals surface area contributed by atoms with Crippen molar-refractivity contribution in [3.05, 3.63) is 34.9 Å². The predicted molar refractivity (Wildman–Crippen MR) is 142 cm³/mol. The zero-order chi connectivity index (χ0) is 24.1. The van der Waals surface area contributed by atoms with Crippen molar-refractivity contribution < 1.29 is 14.3 Å². The van der Waals surface area contributed by atoms with Crippen molar-refractivity contribution in [1.29, 1.82) is 0 Å². The first-order chi connectivity index (χ1) is 15.5. The van der Waals surface area contributed by atoms with E-state index in [0.29, 0.717) is 17.8 Å². The molecule has 0 radical (unpaired) electrons. The fourth-order valence-corrected chi connectivity index (χ4v) is 8.81. The molecule has 0 spiro atoms. The number of halogens is 1. The lowest BCUT2D eigenvalue weighted by molar-refractivity contribution is -0.144. The fraction of sp³-hybridized carbons (Fsp3) is 0.724. The number of fused-ring (bicyclic) bond motifs is 5. The van der Waals surface area contributed by atoms with Crippen LogP contribution in [-0.2, 0) is 14.3 Å². The summed E-state index contributed by atoms with van der Waals surface area (Å²) in [5.41, 5.74) is 3.68. The summed E-state index contributed by atoms with van der Waals surface area (Å²) in [7, 11) is 0. The molecule has 0 heterocycles. The van der Waals surface area contributed by atoms with E-state index < -0.39 is 0 Å². The summed E-state index contributed by atoms with van der Waals surface area (Å²) in [4.78, 5) is 25.0. The van der Waals surface area contributed by atoms with Gasteiger partial charge in [-0.15, -0.1) is 0 Å². The molecule has 4 heteroatoms. The second-order valence-corrected chi connectivity index (χ2v) is 13.6. The quantitative estimate of drug-likeness (QED) is 0.192. The third-order valence-electron chi connectivity index (χ3n) is 9.32. The molecule has 0 aliphatic heterocycles. The molecule has 0 N–H and O–H groups in total. The maximum Gasteiger partial charge on any atom is 0.303 e. The molecule has 0 bridgehead atoms. The molecule has 0 amide bonds. The molecule has 1 fully saturated rings. The number of hydrogen-bond donors (Lipinski definition) is 0. The van der Waals surface area contributed by atoms with Gasteiger partial charge >= 0.3 is 5.97 Å². The Hall–Kier alpha value is -0.910. The molecule has 0 saturated heterocycles. The highest BCUT2D eigenvalue weighted by molar-refractivity contribution is 14.1. The standard InChI is InChI=1S/C29H41IO3/c1-17(2)8-7-9-18(3)21-10-11-22-20-14-26(32)24-15-27(33-19(4)31)25(30)16-29(24,6)23(20)12-13-28(21,22)5/h11,14-15,17-18,21,23,25,27H,7-10,12-13,16H2,1-6H3/t18-,21-,23+,25+,27+,28-,29-/m1/s1. The molecule has 4 aliphatic rings. The van der Waals surface area contributed by atoms with Gasteiger partial charge in [0.05, 0.1) is 3.92 Å². The van der Waals surface area contributed by atoms with Crippen molar-refractivity contribution in [2.24, 2.45) is 34.5 Å². The predicted octanol–water partition coefficient (Wildman–Crippen LogP) is 7.39. The first-order valence-electron chi connectivity index (χ1n) is 13.0. The van der Waals surface area contributed by atoms with E-state index in [0.717, 1.165) is 30.8 Å². The van der Waals surface area contributed by atoms with Gasteiger partial charge in [0, 0.05) is 17.9 Å². The second-order valence-electron chi connectivity index (χ2n) is 12.0. The van der Waals surface area contributed by atoms with E-state index in [1.165, 1.54) is 43.8 Å². The van der Waals surface area contributed by atoms with Gasteiger partial charge in [0.2, 0.25) is 0 Å². The summed E-state index contributed by atoms with van der Waals surface area (Å²) in [6, 6.07) is 0. The first kappa shape index (κ1) is 25.2. The van der Waals surface area contributed by atoms with Crippen LogP contribution in [0.25, 0.3) is 0 Å². The van der Waals surface area contributed by atoms with E-state index in [9.17, 15) is 9.59 Å². The summed E-state index contributed by atoms with van der Waals surface area (Å²) >= 11 is 2.42. The number of allylic oxidation sites excluding steroid dienone is 5. The molecule has 0 unspecified atom stereocenters. The van der Waals surface area contributed by atoms with Gasteiger partial charge in [-0.3, -0.25) is 9.59 Å². The van der Waals surface area contributed by atoms with Crippen LogP contribution in [0.15, 0.2) is 34.9 Å². The zero-order valence-electron chi connectivity index (χ0n) is 21.2. The van der Waals surface area contributed by atoms with Gasteiger partial charge < -0.3 is 4.74 Å². The highest BCUT2D eigenvalue weighted by Gasteiger charge is 2.56. The van der Waals surface area contributed by atoms with Crippen molar-refractivity contribution in [2.45, 2.75) is 96.5 Å². The van der Waals surface area contributed by atoms with Crippen molar-refractivity contribution in [3.8, 4) is 0 Å². The largest absolute Gasteiger partial charge is 0.457 e. The van der Waals surface area contributed by atoms with E-state index >= 15 is 0 Å².